The summed E-state index contributed by atoms with van der Waals surface area (Å²) in [6.45, 7) is 3.50. The second kappa shape index (κ2) is 8.62. The van der Waals surface area contributed by atoms with Crippen LogP contribution in [-0.4, -0.2) is 30.2 Å². The highest BCUT2D eigenvalue weighted by molar-refractivity contribution is 6.04. The zero-order valence-corrected chi connectivity index (χ0v) is 14.5. The topological polar surface area (TPSA) is 60.5 Å². The van der Waals surface area contributed by atoms with Crippen LogP contribution >= 0.6 is 0 Å². The van der Waals surface area contributed by atoms with E-state index >= 15 is 0 Å². The molecule has 0 bridgehead atoms. The van der Waals surface area contributed by atoms with Crippen molar-refractivity contribution in [2.24, 2.45) is 0 Å². The van der Waals surface area contributed by atoms with Gasteiger partial charge in [-0.2, -0.15) is 0 Å². The maximum Gasteiger partial charge on any atom is 0.257 e. The number of hydrogen-bond donors (Lipinski definition) is 1. The van der Waals surface area contributed by atoms with E-state index in [1.54, 1.807) is 12.1 Å². The van der Waals surface area contributed by atoms with Gasteiger partial charge in [0.15, 0.2) is 0 Å². The number of pyridine rings is 1. The van der Waals surface area contributed by atoms with Crippen LogP contribution < -0.4 is 10.1 Å². The molecule has 0 spiro atoms. The Morgan fingerprint density at radius 3 is 2.76 bits per heavy atom. The summed E-state index contributed by atoms with van der Waals surface area (Å²) < 4.78 is 11.0. The van der Waals surface area contributed by atoms with Crippen molar-refractivity contribution in [3.63, 3.8) is 0 Å². The molecule has 0 radical (unpaired) electrons. The normalized spacial score (nSPS) is 16.6. The number of amides is 1. The van der Waals surface area contributed by atoms with Crippen molar-refractivity contribution in [2.75, 3.05) is 18.5 Å². The first kappa shape index (κ1) is 17.4. The van der Waals surface area contributed by atoms with Crippen LogP contribution in [-0.2, 0) is 11.2 Å². The highest BCUT2D eigenvalue weighted by Gasteiger charge is 2.17. The van der Waals surface area contributed by atoms with Crippen molar-refractivity contribution in [3.05, 3.63) is 53.7 Å². The monoisotopic (exact) mass is 340 g/mol. The van der Waals surface area contributed by atoms with Crippen LogP contribution in [0, 0.1) is 0 Å². The van der Waals surface area contributed by atoms with E-state index in [0.29, 0.717) is 18.1 Å². The van der Waals surface area contributed by atoms with Crippen LogP contribution in [0.5, 0.6) is 5.88 Å². The van der Waals surface area contributed by atoms with Crippen LogP contribution in [0.2, 0.25) is 0 Å². The summed E-state index contributed by atoms with van der Waals surface area (Å²) in [6, 6.07) is 11.4. The molecule has 25 heavy (non-hydrogen) atoms. The highest BCUT2D eigenvalue weighted by atomic mass is 16.5. The van der Waals surface area contributed by atoms with Crippen LogP contribution in [0.4, 0.5) is 5.69 Å². The van der Waals surface area contributed by atoms with Crippen LogP contribution in [0.15, 0.2) is 42.6 Å². The molecule has 1 amide bonds. The molecule has 1 fully saturated rings. The van der Waals surface area contributed by atoms with Gasteiger partial charge in [0.05, 0.1) is 18.8 Å². The number of aromatic nitrogens is 1. The number of carbonyl (C=O) groups excluding carboxylic acids is 1. The molecule has 5 heteroatoms. The van der Waals surface area contributed by atoms with E-state index < -0.39 is 0 Å². The minimum Gasteiger partial charge on any atom is -0.472 e. The molecule has 0 saturated carbocycles. The van der Waals surface area contributed by atoms with Gasteiger partial charge in [-0.05, 0) is 36.6 Å². The molecule has 1 aromatic carbocycles. The van der Waals surface area contributed by atoms with Gasteiger partial charge in [-0.15, -0.1) is 0 Å². The predicted molar refractivity (Wildman–Crippen MR) is 97.1 cm³/mol. The summed E-state index contributed by atoms with van der Waals surface area (Å²) in [5.74, 6) is 0.344. The number of aryl methyl sites for hydroxylation is 1. The Labute approximate surface area is 148 Å². The van der Waals surface area contributed by atoms with Crippen LogP contribution in [0.1, 0.15) is 42.1 Å². The lowest BCUT2D eigenvalue weighted by Crippen LogP contribution is -2.17. The van der Waals surface area contributed by atoms with E-state index in [4.69, 9.17) is 9.47 Å². The van der Waals surface area contributed by atoms with E-state index in [-0.39, 0.29) is 12.0 Å². The lowest BCUT2D eigenvalue weighted by molar-refractivity contribution is 0.102. The second-order valence-electron chi connectivity index (χ2n) is 6.24. The smallest absolute Gasteiger partial charge is 0.257 e. The standard InChI is InChI=1S/C20H24N2O3/c1-2-3-4-15-5-8-17(9-6-15)22-20(23)16-7-10-19(21-13-16)25-18-11-12-24-14-18/h5-10,13,18H,2-4,11-12,14H2,1H3,(H,22,23). The number of benzene rings is 1. The lowest BCUT2D eigenvalue weighted by atomic mass is 10.1. The third-order valence-corrected chi connectivity index (χ3v) is 4.20. The average Bonchev–Trinajstić information content (AvgIpc) is 3.15. The summed E-state index contributed by atoms with van der Waals surface area (Å²) in [5, 5.41) is 2.89. The molecule has 2 heterocycles. The molecule has 3 rings (SSSR count). The molecular formula is C20H24N2O3. The van der Waals surface area contributed by atoms with Crippen molar-refractivity contribution in [1.82, 2.24) is 4.98 Å². The molecular weight excluding hydrogens is 316 g/mol. The van der Waals surface area contributed by atoms with Gasteiger partial charge in [0.1, 0.15) is 6.10 Å². The molecule has 1 aromatic heterocycles. The fourth-order valence-corrected chi connectivity index (χ4v) is 2.70. The third-order valence-electron chi connectivity index (χ3n) is 4.20. The maximum atomic E-state index is 12.3. The Morgan fingerprint density at radius 2 is 2.12 bits per heavy atom. The molecule has 132 valence electrons. The van der Waals surface area contributed by atoms with Crippen LogP contribution in [0.3, 0.4) is 0 Å². The number of hydrogen-bond acceptors (Lipinski definition) is 4. The predicted octanol–water partition coefficient (Wildman–Crippen LogP) is 3.84. The SMILES string of the molecule is CCCCc1ccc(NC(=O)c2ccc(OC3CCOC3)nc2)cc1. The molecule has 2 aromatic rings. The van der Waals surface area contributed by atoms with Crippen molar-refractivity contribution in [2.45, 2.75) is 38.7 Å². The first-order valence-corrected chi connectivity index (χ1v) is 8.85. The van der Waals surface area contributed by atoms with Gasteiger partial charge in [-0.25, -0.2) is 4.98 Å². The Hall–Kier alpha value is -2.40. The number of rotatable bonds is 7. The van der Waals surface area contributed by atoms with E-state index in [9.17, 15) is 4.79 Å². The maximum absolute atomic E-state index is 12.3. The first-order valence-electron chi connectivity index (χ1n) is 8.85. The number of carbonyl (C=O) groups is 1. The number of unbranched alkanes of at least 4 members (excludes halogenated alkanes) is 1. The zero-order chi connectivity index (χ0) is 17.5. The molecule has 1 unspecified atom stereocenters. The lowest BCUT2D eigenvalue weighted by Gasteiger charge is -2.11. The zero-order valence-electron chi connectivity index (χ0n) is 14.5. The van der Waals surface area contributed by atoms with Gasteiger partial charge in [0.25, 0.3) is 5.91 Å². The number of ether oxygens (including phenoxy) is 2. The fourth-order valence-electron chi connectivity index (χ4n) is 2.70. The summed E-state index contributed by atoms with van der Waals surface area (Å²) in [7, 11) is 0. The Balaban J connectivity index is 1.55. The fraction of sp³-hybridized carbons (Fsp3) is 0.400. The highest BCUT2D eigenvalue weighted by Crippen LogP contribution is 2.16. The van der Waals surface area contributed by atoms with Crippen molar-refractivity contribution >= 4 is 11.6 Å². The summed E-state index contributed by atoms with van der Waals surface area (Å²) in [5.41, 5.74) is 2.58. The molecule has 1 aliphatic rings. The molecule has 1 saturated heterocycles. The Kier molecular flexibility index (Phi) is 6.01. The summed E-state index contributed by atoms with van der Waals surface area (Å²) >= 11 is 0. The van der Waals surface area contributed by atoms with Crippen molar-refractivity contribution in [1.29, 1.82) is 0 Å². The summed E-state index contributed by atoms with van der Waals surface area (Å²) in [4.78, 5) is 16.5. The molecule has 0 aliphatic carbocycles. The second-order valence-corrected chi connectivity index (χ2v) is 6.24. The first-order chi connectivity index (χ1) is 12.2. The Morgan fingerprint density at radius 1 is 1.28 bits per heavy atom. The van der Waals surface area contributed by atoms with Gasteiger partial charge >= 0.3 is 0 Å². The quantitative estimate of drug-likeness (QED) is 0.832. The number of nitrogens with one attached hydrogen (secondary N) is 1. The van der Waals surface area contributed by atoms with Gasteiger partial charge in [-0.3, -0.25) is 4.79 Å². The van der Waals surface area contributed by atoms with E-state index in [0.717, 1.165) is 25.1 Å². The average molecular weight is 340 g/mol. The Bertz CT molecular complexity index is 677. The largest absolute Gasteiger partial charge is 0.472 e. The van der Waals surface area contributed by atoms with Crippen molar-refractivity contribution < 1.29 is 14.3 Å². The van der Waals surface area contributed by atoms with Gasteiger partial charge in [0.2, 0.25) is 5.88 Å². The minimum absolute atomic E-state index is 0.0541. The van der Waals surface area contributed by atoms with Crippen LogP contribution in [0.25, 0.3) is 0 Å². The van der Waals surface area contributed by atoms with E-state index in [1.807, 2.05) is 12.1 Å². The number of nitrogens with zero attached hydrogens (tertiary/aromatic N) is 1. The minimum atomic E-state index is -0.176. The van der Waals surface area contributed by atoms with E-state index in [2.05, 4.69) is 29.4 Å². The summed E-state index contributed by atoms with van der Waals surface area (Å²) in [6.07, 6.45) is 5.90. The number of anilines is 1. The van der Waals surface area contributed by atoms with E-state index in [1.165, 1.54) is 24.6 Å². The molecule has 1 atom stereocenters. The van der Waals surface area contributed by atoms with Gasteiger partial charge in [-0.1, -0.05) is 25.5 Å². The molecule has 5 nitrogen and oxygen atoms in total. The third kappa shape index (κ3) is 5.03. The van der Waals surface area contributed by atoms with Gasteiger partial charge < -0.3 is 14.8 Å². The van der Waals surface area contributed by atoms with Gasteiger partial charge in [0, 0.05) is 24.4 Å². The molecule has 1 aliphatic heterocycles. The molecule has 1 N–H and O–H groups in total. The van der Waals surface area contributed by atoms with Crippen molar-refractivity contribution in [3.8, 4) is 5.88 Å².